The van der Waals surface area contributed by atoms with Crippen molar-refractivity contribution in [3.05, 3.63) is 102 Å². The Hall–Kier alpha value is -3.07. The highest BCUT2D eigenvalue weighted by Crippen LogP contribution is 2.25. The van der Waals surface area contributed by atoms with Crippen LogP contribution in [0.5, 0.6) is 5.75 Å². The SMILES string of the molecule is Oc1cccc(CCCC=NOC(c2ccccc2)c2ccccc2)c1. The molecule has 0 radical (unpaired) electrons. The number of phenols is 1. The monoisotopic (exact) mass is 345 g/mol. The quantitative estimate of drug-likeness (QED) is 0.332. The van der Waals surface area contributed by atoms with E-state index in [-0.39, 0.29) is 6.10 Å². The van der Waals surface area contributed by atoms with Crippen LogP contribution in [-0.2, 0) is 11.3 Å². The third-order valence-corrected chi connectivity index (χ3v) is 4.15. The lowest BCUT2D eigenvalue weighted by Crippen LogP contribution is -2.03. The highest BCUT2D eigenvalue weighted by Gasteiger charge is 2.14. The van der Waals surface area contributed by atoms with Crippen molar-refractivity contribution in [2.45, 2.75) is 25.4 Å². The van der Waals surface area contributed by atoms with Gasteiger partial charge in [-0.05, 0) is 48.1 Å². The van der Waals surface area contributed by atoms with Crippen molar-refractivity contribution in [1.29, 1.82) is 0 Å². The number of phenolic OH excluding ortho intramolecular Hbond substituents is 1. The summed E-state index contributed by atoms with van der Waals surface area (Å²) in [6.07, 6.45) is 4.30. The number of nitrogens with zero attached hydrogens (tertiary/aromatic N) is 1. The smallest absolute Gasteiger partial charge is 0.177 e. The van der Waals surface area contributed by atoms with Gasteiger partial charge in [0, 0.05) is 6.21 Å². The predicted octanol–water partition coefficient (Wildman–Crippen LogP) is 5.51. The Morgan fingerprint density at radius 2 is 1.50 bits per heavy atom. The molecule has 0 atom stereocenters. The number of oxime groups is 1. The van der Waals surface area contributed by atoms with E-state index in [2.05, 4.69) is 29.4 Å². The van der Waals surface area contributed by atoms with Crippen molar-refractivity contribution >= 4 is 6.21 Å². The zero-order valence-electron chi connectivity index (χ0n) is 14.7. The third-order valence-electron chi connectivity index (χ3n) is 4.15. The van der Waals surface area contributed by atoms with E-state index in [4.69, 9.17) is 4.84 Å². The fourth-order valence-electron chi connectivity index (χ4n) is 2.84. The second kappa shape index (κ2) is 9.42. The Morgan fingerprint density at radius 1 is 0.846 bits per heavy atom. The molecule has 0 aliphatic carbocycles. The molecule has 3 nitrogen and oxygen atoms in total. The normalized spacial score (nSPS) is 11.1. The molecule has 3 heteroatoms. The standard InChI is InChI=1S/C23H23NO2/c25-22-16-9-11-19(18-22)10-7-8-17-24-26-23(20-12-3-1-4-13-20)21-14-5-2-6-15-21/h1-6,9,11-18,23,25H,7-8,10H2. The van der Waals surface area contributed by atoms with E-state index < -0.39 is 0 Å². The minimum Gasteiger partial charge on any atom is -0.508 e. The Labute approximate surface area is 154 Å². The molecule has 3 aromatic carbocycles. The summed E-state index contributed by atoms with van der Waals surface area (Å²) in [7, 11) is 0. The molecule has 0 aliphatic rings. The first-order valence-corrected chi connectivity index (χ1v) is 8.88. The van der Waals surface area contributed by atoms with Crippen LogP contribution < -0.4 is 0 Å². The van der Waals surface area contributed by atoms with Crippen LogP contribution in [0.4, 0.5) is 0 Å². The first-order valence-electron chi connectivity index (χ1n) is 8.88. The molecular formula is C23H23NO2. The summed E-state index contributed by atoms with van der Waals surface area (Å²) < 4.78 is 0. The van der Waals surface area contributed by atoms with Crippen molar-refractivity contribution in [3.8, 4) is 5.75 Å². The average Bonchev–Trinajstić information content (AvgIpc) is 2.69. The van der Waals surface area contributed by atoms with Crippen LogP contribution in [-0.4, -0.2) is 11.3 Å². The fraction of sp³-hybridized carbons (Fsp3) is 0.174. The molecule has 0 aromatic heterocycles. The Balaban J connectivity index is 1.55. The van der Waals surface area contributed by atoms with E-state index in [9.17, 15) is 5.11 Å². The van der Waals surface area contributed by atoms with Gasteiger partial charge in [-0.15, -0.1) is 0 Å². The molecule has 26 heavy (non-hydrogen) atoms. The minimum atomic E-state index is -0.209. The van der Waals surface area contributed by atoms with Crippen LogP contribution >= 0.6 is 0 Å². The van der Waals surface area contributed by atoms with Crippen LogP contribution in [0.3, 0.4) is 0 Å². The molecule has 0 heterocycles. The summed E-state index contributed by atoms with van der Waals surface area (Å²) in [5, 5.41) is 13.7. The summed E-state index contributed by atoms with van der Waals surface area (Å²) in [5.41, 5.74) is 3.29. The number of rotatable bonds is 8. The number of hydrogen-bond acceptors (Lipinski definition) is 3. The molecule has 0 unspecified atom stereocenters. The zero-order chi connectivity index (χ0) is 18.0. The second-order valence-corrected chi connectivity index (χ2v) is 6.16. The van der Waals surface area contributed by atoms with Crippen LogP contribution in [0, 0.1) is 0 Å². The van der Waals surface area contributed by atoms with Gasteiger partial charge in [0.15, 0.2) is 6.10 Å². The van der Waals surface area contributed by atoms with Gasteiger partial charge >= 0.3 is 0 Å². The lowest BCUT2D eigenvalue weighted by Gasteiger charge is -2.15. The molecule has 0 amide bonds. The summed E-state index contributed by atoms with van der Waals surface area (Å²) >= 11 is 0. The van der Waals surface area contributed by atoms with Gasteiger partial charge in [-0.25, -0.2) is 0 Å². The van der Waals surface area contributed by atoms with Gasteiger partial charge in [-0.3, -0.25) is 0 Å². The van der Waals surface area contributed by atoms with Crippen LogP contribution in [0.2, 0.25) is 0 Å². The van der Waals surface area contributed by atoms with Crippen LogP contribution in [0.1, 0.15) is 35.6 Å². The van der Waals surface area contributed by atoms with Gasteiger partial charge in [-0.1, -0.05) is 78.0 Å². The second-order valence-electron chi connectivity index (χ2n) is 6.16. The zero-order valence-corrected chi connectivity index (χ0v) is 14.7. The van der Waals surface area contributed by atoms with Gasteiger partial charge in [0.05, 0.1) is 0 Å². The molecule has 3 aromatic rings. The third kappa shape index (κ3) is 5.21. The van der Waals surface area contributed by atoms with Gasteiger partial charge in [0.1, 0.15) is 5.75 Å². The van der Waals surface area contributed by atoms with Gasteiger partial charge in [-0.2, -0.15) is 0 Å². The fourth-order valence-corrected chi connectivity index (χ4v) is 2.84. The van der Waals surface area contributed by atoms with E-state index in [1.807, 2.05) is 54.7 Å². The van der Waals surface area contributed by atoms with Gasteiger partial charge in [0.2, 0.25) is 0 Å². The maximum absolute atomic E-state index is 9.49. The number of unbranched alkanes of at least 4 members (excludes halogenated alkanes) is 1. The Bertz CT molecular complexity index is 776. The number of aryl methyl sites for hydroxylation is 1. The van der Waals surface area contributed by atoms with E-state index >= 15 is 0 Å². The maximum atomic E-state index is 9.49. The molecule has 0 bridgehead atoms. The first kappa shape index (κ1) is 17.7. The summed E-state index contributed by atoms with van der Waals surface area (Å²) in [5.74, 6) is 0.313. The number of hydrogen-bond donors (Lipinski definition) is 1. The Kier molecular flexibility index (Phi) is 6.43. The molecule has 0 spiro atoms. The van der Waals surface area contributed by atoms with E-state index in [1.54, 1.807) is 12.1 Å². The number of aromatic hydroxyl groups is 1. The topological polar surface area (TPSA) is 41.8 Å². The number of benzene rings is 3. The largest absolute Gasteiger partial charge is 0.508 e. The molecule has 0 saturated heterocycles. The van der Waals surface area contributed by atoms with Crippen molar-refractivity contribution in [2.24, 2.45) is 5.16 Å². The van der Waals surface area contributed by atoms with Crippen LogP contribution in [0.25, 0.3) is 0 Å². The molecule has 0 fully saturated rings. The van der Waals surface area contributed by atoms with Crippen molar-refractivity contribution in [3.63, 3.8) is 0 Å². The molecule has 132 valence electrons. The molecule has 1 N–H and O–H groups in total. The highest BCUT2D eigenvalue weighted by atomic mass is 16.6. The van der Waals surface area contributed by atoms with Gasteiger partial charge in [0.25, 0.3) is 0 Å². The molecule has 3 rings (SSSR count). The predicted molar refractivity (Wildman–Crippen MR) is 105 cm³/mol. The molecular weight excluding hydrogens is 322 g/mol. The van der Waals surface area contributed by atoms with E-state index in [0.29, 0.717) is 5.75 Å². The van der Waals surface area contributed by atoms with E-state index in [1.165, 1.54) is 0 Å². The highest BCUT2D eigenvalue weighted by molar-refractivity contribution is 5.56. The van der Waals surface area contributed by atoms with Crippen molar-refractivity contribution in [1.82, 2.24) is 0 Å². The maximum Gasteiger partial charge on any atom is 0.177 e. The lowest BCUT2D eigenvalue weighted by atomic mass is 10.0. The van der Waals surface area contributed by atoms with Gasteiger partial charge < -0.3 is 9.94 Å². The minimum absolute atomic E-state index is 0.209. The van der Waals surface area contributed by atoms with Crippen LogP contribution in [0.15, 0.2) is 90.1 Å². The first-order chi connectivity index (χ1) is 12.8. The Morgan fingerprint density at radius 3 is 2.12 bits per heavy atom. The lowest BCUT2D eigenvalue weighted by molar-refractivity contribution is 0.0882. The van der Waals surface area contributed by atoms with Crippen molar-refractivity contribution in [2.75, 3.05) is 0 Å². The van der Waals surface area contributed by atoms with E-state index in [0.717, 1.165) is 36.0 Å². The summed E-state index contributed by atoms with van der Waals surface area (Å²) in [4.78, 5) is 5.82. The average molecular weight is 345 g/mol. The molecule has 0 aliphatic heterocycles. The summed E-state index contributed by atoms with van der Waals surface area (Å²) in [6, 6.07) is 27.6. The van der Waals surface area contributed by atoms with Crippen molar-refractivity contribution < 1.29 is 9.94 Å². The molecule has 0 saturated carbocycles. The summed E-state index contributed by atoms with van der Waals surface area (Å²) in [6.45, 7) is 0.